The van der Waals surface area contributed by atoms with Crippen LogP contribution in [0.2, 0.25) is 0 Å². The highest BCUT2D eigenvalue weighted by atomic mass is 16.6. The third-order valence-corrected chi connectivity index (χ3v) is 1.62. The predicted octanol–water partition coefficient (Wildman–Crippen LogP) is 0.968. The van der Waals surface area contributed by atoms with Crippen molar-refractivity contribution in [3.63, 3.8) is 0 Å². The zero-order valence-corrected chi connectivity index (χ0v) is 8.59. The summed E-state index contributed by atoms with van der Waals surface area (Å²) >= 11 is 0. The molecule has 0 aliphatic carbocycles. The summed E-state index contributed by atoms with van der Waals surface area (Å²) in [6.45, 7) is 3.25. The van der Waals surface area contributed by atoms with Gasteiger partial charge in [-0.3, -0.25) is 4.98 Å². The smallest absolute Gasteiger partial charge is 0.339 e. The Labute approximate surface area is 92.7 Å². The van der Waals surface area contributed by atoms with Crippen LogP contribution in [-0.2, 0) is 14.3 Å². The number of ether oxygens (including phenoxy) is 2. The number of rotatable bonds is 5. The molecule has 0 saturated heterocycles. The molecule has 5 nitrogen and oxygen atoms in total. The highest BCUT2D eigenvalue weighted by Gasteiger charge is 2.06. The molecule has 0 fully saturated rings. The van der Waals surface area contributed by atoms with E-state index in [2.05, 4.69) is 16.3 Å². The SMILES string of the molecule is C=CC(=O)OCCOC(=O)c1cccnc1. The lowest BCUT2D eigenvalue weighted by atomic mass is 10.3. The molecule has 0 aliphatic heterocycles. The lowest BCUT2D eigenvalue weighted by molar-refractivity contribution is -0.138. The van der Waals surface area contributed by atoms with Gasteiger partial charge in [0.2, 0.25) is 0 Å². The Kier molecular flexibility index (Phi) is 4.72. The summed E-state index contributed by atoms with van der Waals surface area (Å²) in [6, 6.07) is 3.22. The van der Waals surface area contributed by atoms with E-state index in [9.17, 15) is 9.59 Å². The van der Waals surface area contributed by atoms with Crippen LogP contribution in [0.5, 0.6) is 0 Å². The van der Waals surface area contributed by atoms with E-state index in [4.69, 9.17) is 4.74 Å². The number of hydrogen-bond acceptors (Lipinski definition) is 5. The van der Waals surface area contributed by atoms with Gasteiger partial charge in [0.15, 0.2) is 0 Å². The molecule has 0 saturated carbocycles. The lowest BCUT2D eigenvalue weighted by Crippen LogP contribution is -2.12. The van der Waals surface area contributed by atoms with Crippen LogP contribution >= 0.6 is 0 Å². The zero-order chi connectivity index (χ0) is 11.8. The molecular weight excluding hydrogens is 210 g/mol. The molecule has 0 aliphatic rings. The molecule has 16 heavy (non-hydrogen) atoms. The maximum Gasteiger partial charge on any atom is 0.339 e. The van der Waals surface area contributed by atoms with Crippen molar-refractivity contribution in [3.05, 3.63) is 42.7 Å². The van der Waals surface area contributed by atoms with Gasteiger partial charge in [0, 0.05) is 18.5 Å². The Hall–Kier alpha value is -2.17. The van der Waals surface area contributed by atoms with Crippen molar-refractivity contribution < 1.29 is 19.1 Å². The third-order valence-electron chi connectivity index (χ3n) is 1.62. The molecule has 0 bridgehead atoms. The van der Waals surface area contributed by atoms with Crippen LogP contribution in [0, 0.1) is 0 Å². The normalized spacial score (nSPS) is 9.25. The molecule has 5 heteroatoms. The molecule has 1 aromatic rings. The van der Waals surface area contributed by atoms with Crippen LogP contribution in [0.4, 0.5) is 0 Å². The van der Waals surface area contributed by atoms with Gasteiger partial charge in [-0.05, 0) is 12.1 Å². The van der Waals surface area contributed by atoms with E-state index in [-0.39, 0.29) is 13.2 Å². The summed E-state index contributed by atoms with van der Waals surface area (Å²) in [4.78, 5) is 25.7. The van der Waals surface area contributed by atoms with Gasteiger partial charge in [-0.25, -0.2) is 9.59 Å². The first-order chi connectivity index (χ1) is 7.74. The van der Waals surface area contributed by atoms with E-state index in [1.54, 1.807) is 18.3 Å². The first-order valence-electron chi connectivity index (χ1n) is 4.60. The van der Waals surface area contributed by atoms with E-state index < -0.39 is 11.9 Å². The predicted molar refractivity (Wildman–Crippen MR) is 55.7 cm³/mol. The minimum atomic E-state index is -0.544. The number of esters is 2. The van der Waals surface area contributed by atoms with Crippen molar-refractivity contribution in [2.75, 3.05) is 13.2 Å². The second-order valence-corrected chi connectivity index (χ2v) is 2.75. The molecule has 84 valence electrons. The maximum absolute atomic E-state index is 11.3. The Balaban J connectivity index is 2.26. The number of pyridine rings is 1. The van der Waals surface area contributed by atoms with Crippen LogP contribution in [0.15, 0.2) is 37.2 Å². The summed E-state index contributed by atoms with van der Waals surface area (Å²) in [6.07, 6.45) is 4.00. The topological polar surface area (TPSA) is 65.5 Å². The van der Waals surface area contributed by atoms with Gasteiger partial charge in [0.05, 0.1) is 5.56 Å². The first kappa shape index (κ1) is 11.9. The molecule has 0 radical (unpaired) electrons. The second-order valence-electron chi connectivity index (χ2n) is 2.75. The molecule has 0 spiro atoms. The van der Waals surface area contributed by atoms with Gasteiger partial charge in [-0.1, -0.05) is 6.58 Å². The van der Waals surface area contributed by atoms with E-state index in [0.717, 1.165) is 6.08 Å². The van der Waals surface area contributed by atoms with Crippen molar-refractivity contribution in [2.24, 2.45) is 0 Å². The van der Waals surface area contributed by atoms with Gasteiger partial charge in [0.25, 0.3) is 0 Å². The fourth-order valence-corrected chi connectivity index (χ4v) is 0.902. The minimum Gasteiger partial charge on any atom is -0.459 e. The molecule has 0 N–H and O–H groups in total. The Morgan fingerprint density at radius 1 is 1.38 bits per heavy atom. The average molecular weight is 221 g/mol. The van der Waals surface area contributed by atoms with Crippen molar-refractivity contribution in [3.8, 4) is 0 Å². The van der Waals surface area contributed by atoms with Gasteiger partial charge in [-0.15, -0.1) is 0 Å². The fourth-order valence-electron chi connectivity index (χ4n) is 0.902. The zero-order valence-electron chi connectivity index (χ0n) is 8.59. The standard InChI is InChI=1S/C11H11NO4/c1-2-10(13)15-6-7-16-11(14)9-4-3-5-12-8-9/h2-5,8H,1,6-7H2. The monoisotopic (exact) mass is 221 g/mol. The van der Waals surface area contributed by atoms with E-state index in [1.807, 2.05) is 0 Å². The number of nitrogens with zero attached hydrogens (tertiary/aromatic N) is 1. The minimum absolute atomic E-state index is 0.00725. The second kappa shape index (κ2) is 6.34. The molecule has 0 aromatic carbocycles. The molecule has 0 amide bonds. The summed E-state index contributed by atoms with van der Waals surface area (Å²) < 4.78 is 9.46. The number of carbonyl (C=O) groups excluding carboxylic acids is 2. The molecule has 1 rings (SSSR count). The Morgan fingerprint density at radius 3 is 2.75 bits per heavy atom. The molecule has 1 aromatic heterocycles. The van der Waals surface area contributed by atoms with E-state index >= 15 is 0 Å². The van der Waals surface area contributed by atoms with E-state index in [1.165, 1.54) is 6.20 Å². The van der Waals surface area contributed by atoms with Crippen molar-refractivity contribution in [1.82, 2.24) is 4.98 Å². The van der Waals surface area contributed by atoms with E-state index in [0.29, 0.717) is 5.56 Å². The third kappa shape index (κ3) is 3.91. The van der Waals surface area contributed by atoms with Gasteiger partial charge in [-0.2, -0.15) is 0 Å². The number of hydrogen-bond donors (Lipinski definition) is 0. The first-order valence-corrected chi connectivity index (χ1v) is 4.60. The van der Waals surface area contributed by atoms with Crippen LogP contribution in [-0.4, -0.2) is 30.1 Å². The summed E-state index contributed by atoms with van der Waals surface area (Å²) in [5, 5.41) is 0. The van der Waals surface area contributed by atoms with Gasteiger partial charge >= 0.3 is 11.9 Å². The highest BCUT2D eigenvalue weighted by Crippen LogP contribution is 1.98. The Bertz CT molecular complexity index is 375. The van der Waals surface area contributed by atoms with Gasteiger partial charge < -0.3 is 9.47 Å². The van der Waals surface area contributed by atoms with Crippen molar-refractivity contribution >= 4 is 11.9 Å². The van der Waals surface area contributed by atoms with Crippen LogP contribution in [0.1, 0.15) is 10.4 Å². The largest absolute Gasteiger partial charge is 0.459 e. The van der Waals surface area contributed by atoms with Crippen molar-refractivity contribution in [1.29, 1.82) is 0 Å². The summed E-state index contributed by atoms with van der Waals surface area (Å²) in [5.74, 6) is -1.04. The summed E-state index contributed by atoms with van der Waals surface area (Å²) in [7, 11) is 0. The van der Waals surface area contributed by atoms with Crippen LogP contribution in [0.3, 0.4) is 0 Å². The highest BCUT2D eigenvalue weighted by molar-refractivity contribution is 5.88. The lowest BCUT2D eigenvalue weighted by Gasteiger charge is -2.04. The molecule has 0 unspecified atom stereocenters. The quantitative estimate of drug-likeness (QED) is 0.421. The number of carbonyl (C=O) groups is 2. The molecule has 1 heterocycles. The van der Waals surface area contributed by atoms with Crippen molar-refractivity contribution in [2.45, 2.75) is 0 Å². The maximum atomic E-state index is 11.3. The molecular formula is C11H11NO4. The van der Waals surface area contributed by atoms with Crippen LogP contribution in [0.25, 0.3) is 0 Å². The fraction of sp³-hybridized carbons (Fsp3) is 0.182. The average Bonchev–Trinajstić information content (AvgIpc) is 2.35. The summed E-state index contributed by atoms with van der Waals surface area (Å²) in [5.41, 5.74) is 0.359. The number of aromatic nitrogens is 1. The van der Waals surface area contributed by atoms with Crippen LogP contribution < -0.4 is 0 Å². The Morgan fingerprint density at radius 2 is 2.12 bits per heavy atom. The van der Waals surface area contributed by atoms with Gasteiger partial charge in [0.1, 0.15) is 13.2 Å². The molecule has 0 atom stereocenters.